The van der Waals surface area contributed by atoms with Crippen LogP contribution >= 0.6 is 11.6 Å². The molecule has 2 aromatic carbocycles. The fourth-order valence-corrected chi connectivity index (χ4v) is 1.59. The highest BCUT2D eigenvalue weighted by atomic mass is 35.5. The lowest BCUT2D eigenvalue weighted by Gasteiger charge is -2.10. The molecule has 0 fully saturated rings. The molecule has 3 heteroatoms. The van der Waals surface area contributed by atoms with Crippen molar-refractivity contribution < 1.29 is 0 Å². The summed E-state index contributed by atoms with van der Waals surface area (Å²) in [6, 6.07) is 13.4. The van der Waals surface area contributed by atoms with Gasteiger partial charge in [-0.1, -0.05) is 17.7 Å². The van der Waals surface area contributed by atoms with Crippen molar-refractivity contribution in [1.82, 2.24) is 0 Å². The van der Waals surface area contributed by atoms with Gasteiger partial charge in [0, 0.05) is 10.7 Å². The van der Waals surface area contributed by atoms with E-state index in [2.05, 4.69) is 5.32 Å². The van der Waals surface area contributed by atoms with Crippen LogP contribution < -0.4 is 11.1 Å². The van der Waals surface area contributed by atoms with Crippen molar-refractivity contribution in [2.75, 3.05) is 11.1 Å². The third-order valence-corrected chi connectivity index (χ3v) is 2.58. The number of halogens is 1. The van der Waals surface area contributed by atoms with E-state index in [-0.39, 0.29) is 0 Å². The van der Waals surface area contributed by atoms with Gasteiger partial charge in [-0.15, -0.1) is 0 Å². The fraction of sp³-hybridized carbons (Fsp3) is 0.0769. The van der Waals surface area contributed by atoms with Crippen molar-refractivity contribution in [2.45, 2.75) is 6.92 Å². The lowest BCUT2D eigenvalue weighted by molar-refractivity contribution is 1.45. The minimum absolute atomic E-state index is 0.725. The molecule has 0 bridgehead atoms. The Morgan fingerprint density at radius 2 is 1.75 bits per heavy atom. The average molecular weight is 233 g/mol. The standard InChI is InChI=1S/C13H13ClN2/c1-9-2-7-12(15)13(8-9)16-11-5-3-10(14)4-6-11/h2-8,16H,15H2,1H3. The molecule has 0 aliphatic rings. The minimum Gasteiger partial charge on any atom is -0.397 e. The Hall–Kier alpha value is -1.67. The third kappa shape index (κ3) is 2.47. The molecule has 0 atom stereocenters. The normalized spacial score (nSPS) is 10.1. The summed E-state index contributed by atoms with van der Waals surface area (Å²) < 4.78 is 0. The van der Waals surface area contributed by atoms with Gasteiger partial charge < -0.3 is 11.1 Å². The maximum Gasteiger partial charge on any atom is 0.0620 e. The van der Waals surface area contributed by atoms with Crippen LogP contribution in [0.2, 0.25) is 5.02 Å². The van der Waals surface area contributed by atoms with Gasteiger partial charge in [0.15, 0.2) is 0 Å². The molecule has 0 radical (unpaired) electrons. The molecule has 0 aromatic heterocycles. The summed E-state index contributed by atoms with van der Waals surface area (Å²) in [7, 11) is 0. The van der Waals surface area contributed by atoms with Crippen molar-refractivity contribution in [2.24, 2.45) is 0 Å². The fourth-order valence-electron chi connectivity index (χ4n) is 1.47. The van der Waals surface area contributed by atoms with E-state index in [0.717, 1.165) is 22.1 Å². The second-order valence-corrected chi connectivity index (χ2v) is 4.16. The molecule has 0 saturated heterocycles. The predicted octanol–water partition coefficient (Wildman–Crippen LogP) is 3.97. The van der Waals surface area contributed by atoms with Crippen LogP contribution in [0.25, 0.3) is 0 Å². The maximum atomic E-state index is 5.88. The Balaban J connectivity index is 2.26. The average Bonchev–Trinajstić information content (AvgIpc) is 2.27. The molecule has 0 amide bonds. The van der Waals surface area contributed by atoms with Gasteiger partial charge in [0.1, 0.15) is 0 Å². The highest BCUT2D eigenvalue weighted by Crippen LogP contribution is 2.24. The Kier molecular flexibility index (Phi) is 3.02. The summed E-state index contributed by atoms with van der Waals surface area (Å²) in [6.07, 6.45) is 0. The second-order valence-electron chi connectivity index (χ2n) is 3.72. The van der Waals surface area contributed by atoms with E-state index in [1.54, 1.807) is 0 Å². The van der Waals surface area contributed by atoms with Crippen LogP contribution in [0, 0.1) is 6.92 Å². The molecular formula is C13H13ClN2. The molecule has 82 valence electrons. The first-order valence-electron chi connectivity index (χ1n) is 5.04. The van der Waals surface area contributed by atoms with Crippen molar-refractivity contribution in [3.63, 3.8) is 0 Å². The van der Waals surface area contributed by atoms with Gasteiger partial charge in [0.2, 0.25) is 0 Å². The lowest BCUT2D eigenvalue weighted by atomic mass is 10.2. The summed E-state index contributed by atoms with van der Waals surface area (Å²) in [5.74, 6) is 0. The molecule has 0 unspecified atom stereocenters. The molecule has 0 spiro atoms. The number of hydrogen-bond acceptors (Lipinski definition) is 2. The van der Waals surface area contributed by atoms with E-state index in [1.807, 2.05) is 49.4 Å². The predicted molar refractivity (Wildman–Crippen MR) is 70.3 cm³/mol. The molecule has 2 nitrogen and oxygen atoms in total. The van der Waals surface area contributed by atoms with Gasteiger partial charge in [0.25, 0.3) is 0 Å². The lowest BCUT2D eigenvalue weighted by Crippen LogP contribution is -1.96. The zero-order valence-corrected chi connectivity index (χ0v) is 9.75. The molecule has 0 aliphatic carbocycles. The highest BCUT2D eigenvalue weighted by Gasteiger charge is 1.99. The molecule has 0 saturated carbocycles. The van der Waals surface area contributed by atoms with Gasteiger partial charge >= 0.3 is 0 Å². The van der Waals surface area contributed by atoms with Crippen molar-refractivity contribution in [3.05, 3.63) is 53.1 Å². The monoisotopic (exact) mass is 232 g/mol. The second kappa shape index (κ2) is 4.45. The molecule has 16 heavy (non-hydrogen) atoms. The molecule has 3 N–H and O–H groups in total. The third-order valence-electron chi connectivity index (χ3n) is 2.33. The SMILES string of the molecule is Cc1ccc(N)c(Nc2ccc(Cl)cc2)c1. The highest BCUT2D eigenvalue weighted by molar-refractivity contribution is 6.30. The first-order chi connectivity index (χ1) is 7.65. The summed E-state index contributed by atoms with van der Waals surface area (Å²) in [5.41, 5.74) is 9.68. The molecule has 0 heterocycles. The number of nitrogens with one attached hydrogen (secondary N) is 1. The smallest absolute Gasteiger partial charge is 0.0620 e. The van der Waals surface area contributed by atoms with Gasteiger partial charge in [-0.2, -0.15) is 0 Å². The summed E-state index contributed by atoms with van der Waals surface area (Å²) >= 11 is 5.82. The number of hydrogen-bond donors (Lipinski definition) is 2. The van der Waals surface area contributed by atoms with Crippen molar-refractivity contribution in [1.29, 1.82) is 0 Å². The van der Waals surface area contributed by atoms with Crippen molar-refractivity contribution in [3.8, 4) is 0 Å². The topological polar surface area (TPSA) is 38.0 Å². The Bertz CT molecular complexity index is 492. The van der Waals surface area contributed by atoms with E-state index in [4.69, 9.17) is 17.3 Å². The van der Waals surface area contributed by atoms with Crippen LogP contribution in [0.5, 0.6) is 0 Å². The van der Waals surface area contributed by atoms with Crippen molar-refractivity contribution >= 4 is 28.7 Å². The zero-order chi connectivity index (χ0) is 11.5. The molecule has 2 rings (SSSR count). The number of aryl methyl sites for hydroxylation is 1. The first kappa shape index (κ1) is 10.8. The number of benzene rings is 2. The van der Waals surface area contributed by atoms with Gasteiger partial charge in [-0.3, -0.25) is 0 Å². The maximum absolute atomic E-state index is 5.88. The van der Waals surface area contributed by atoms with Crippen LogP contribution in [0.3, 0.4) is 0 Å². The minimum atomic E-state index is 0.725. The Morgan fingerprint density at radius 1 is 1.06 bits per heavy atom. The molecule has 0 aliphatic heterocycles. The Morgan fingerprint density at radius 3 is 2.44 bits per heavy atom. The van der Waals surface area contributed by atoms with Crippen LogP contribution in [-0.2, 0) is 0 Å². The summed E-state index contributed by atoms with van der Waals surface area (Å²) in [5, 5.41) is 3.98. The van der Waals surface area contributed by atoms with Gasteiger partial charge in [-0.25, -0.2) is 0 Å². The quantitative estimate of drug-likeness (QED) is 0.769. The number of nitrogen functional groups attached to an aromatic ring is 1. The number of anilines is 3. The molecule has 2 aromatic rings. The number of nitrogens with two attached hydrogens (primary N) is 1. The van der Waals surface area contributed by atoms with Gasteiger partial charge in [-0.05, 0) is 48.9 Å². The van der Waals surface area contributed by atoms with E-state index in [9.17, 15) is 0 Å². The van der Waals surface area contributed by atoms with E-state index in [0.29, 0.717) is 0 Å². The largest absolute Gasteiger partial charge is 0.397 e. The van der Waals surface area contributed by atoms with Crippen LogP contribution in [-0.4, -0.2) is 0 Å². The summed E-state index contributed by atoms with van der Waals surface area (Å²) in [4.78, 5) is 0. The molecular weight excluding hydrogens is 220 g/mol. The zero-order valence-electron chi connectivity index (χ0n) is 9.00. The Labute approximate surface area is 100 Å². The van der Waals surface area contributed by atoms with Crippen LogP contribution in [0.15, 0.2) is 42.5 Å². The van der Waals surface area contributed by atoms with Gasteiger partial charge in [0.05, 0.1) is 11.4 Å². The van der Waals surface area contributed by atoms with E-state index < -0.39 is 0 Å². The number of rotatable bonds is 2. The van der Waals surface area contributed by atoms with Crippen LogP contribution in [0.4, 0.5) is 17.1 Å². The van der Waals surface area contributed by atoms with E-state index in [1.165, 1.54) is 5.56 Å². The summed E-state index contributed by atoms with van der Waals surface area (Å²) in [6.45, 7) is 2.03. The van der Waals surface area contributed by atoms with E-state index >= 15 is 0 Å². The van der Waals surface area contributed by atoms with Crippen LogP contribution in [0.1, 0.15) is 5.56 Å². The first-order valence-corrected chi connectivity index (χ1v) is 5.42.